The van der Waals surface area contributed by atoms with E-state index in [1.807, 2.05) is 6.07 Å². The molecule has 0 heterocycles. The summed E-state index contributed by atoms with van der Waals surface area (Å²) in [4.78, 5) is 12.6. The SMILES string of the molecule is CCCCOc1ccc(/C=C(/C#N)C(=O)c2ccc(OC)cc2)cc1OC. The third-order valence-corrected chi connectivity index (χ3v) is 3.97. The number of unbranched alkanes of at least 4 members (excludes halogenated alkanes) is 1. The number of ether oxygens (including phenoxy) is 3. The van der Waals surface area contributed by atoms with E-state index in [2.05, 4.69) is 6.92 Å². The van der Waals surface area contributed by atoms with Gasteiger partial charge in [-0.05, 0) is 54.5 Å². The Morgan fingerprint density at radius 3 is 2.41 bits per heavy atom. The molecule has 0 saturated heterocycles. The van der Waals surface area contributed by atoms with Crippen LogP contribution in [0, 0.1) is 11.3 Å². The number of rotatable bonds is 9. The number of carbonyl (C=O) groups excluding carboxylic acids is 1. The summed E-state index contributed by atoms with van der Waals surface area (Å²) in [6.45, 7) is 2.71. The molecule has 0 fully saturated rings. The second kappa shape index (κ2) is 10.0. The summed E-state index contributed by atoms with van der Waals surface area (Å²) in [5.74, 6) is 1.51. The van der Waals surface area contributed by atoms with Crippen molar-refractivity contribution in [3.8, 4) is 23.3 Å². The van der Waals surface area contributed by atoms with Crippen molar-refractivity contribution in [2.75, 3.05) is 20.8 Å². The molecule has 0 saturated carbocycles. The summed E-state index contributed by atoms with van der Waals surface area (Å²) in [6, 6.07) is 14.0. The zero-order valence-electron chi connectivity index (χ0n) is 15.8. The molecule has 0 aliphatic carbocycles. The summed E-state index contributed by atoms with van der Waals surface area (Å²) in [6.07, 6.45) is 3.55. The zero-order valence-corrected chi connectivity index (χ0v) is 15.8. The molecule has 2 rings (SSSR count). The topological polar surface area (TPSA) is 68.5 Å². The van der Waals surface area contributed by atoms with Crippen LogP contribution in [0.4, 0.5) is 0 Å². The minimum Gasteiger partial charge on any atom is -0.497 e. The lowest BCUT2D eigenvalue weighted by Crippen LogP contribution is -2.02. The molecule has 0 amide bonds. The van der Waals surface area contributed by atoms with E-state index in [0.29, 0.717) is 35.0 Å². The highest BCUT2D eigenvalue weighted by atomic mass is 16.5. The van der Waals surface area contributed by atoms with Crippen LogP contribution >= 0.6 is 0 Å². The first-order valence-electron chi connectivity index (χ1n) is 8.74. The Hall–Kier alpha value is -3.26. The van der Waals surface area contributed by atoms with Crippen molar-refractivity contribution in [2.24, 2.45) is 0 Å². The third kappa shape index (κ3) is 5.35. The number of nitrogens with zero attached hydrogens (tertiary/aromatic N) is 1. The number of hydrogen-bond acceptors (Lipinski definition) is 5. The van der Waals surface area contributed by atoms with Gasteiger partial charge in [0.25, 0.3) is 0 Å². The van der Waals surface area contributed by atoms with Crippen LogP contribution in [0.1, 0.15) is 35.7 Å². The van der Waals surface area contributed by atoms with Gasteiger partial charge in [-0.25, -0.2) is 0 Å². The molecule has 2 aromatic carbocycles. The molecular formula is C22H23NO4. The molecule has 0 unspecified atom stereocenters. The average Bonchev–Trinajstić information content (AvgIpc) is 2.72. The minimum atomic E-state index is -0.345. The Kier molecular flexibility index (Phi) is 7.45. The Labute approximate surface area is 159 Å². The summed E-state index contributed by atoms with van der Waals surface area (Å²) in [7, 11) is 3.11. The van der Waals surface area contributed by atoms with E-state index in [1.165, 1.54) is 0 Å². The van der Waals surface area contributed by atoms with Gasteiger partial charge in [0, 0.05) is 5.56 Å². The largest absolute Gasteiger partial charge is 0.497 e. The van der Waals surface area contributed by atoms with Crippen molar-refractivity contribution in [3.05, 3.63) is 59.2 Å². The van der Waals surface area contributed by atoms with E-state index in [4.69, 9.17) is 14.2 Å². The van der Waals surface area contributed by atoms with Crippen LogP contribution in [0.5, 0.6) is 17.2 Å². The predicted octanol–water partition coefficient (Wildman–Crippen LogP) is 4.67. The predicted molar refractivity (Wildman–Crippen MR) is 104 cm³/mol. The van der Waals surface area contributed by atoms with Crippen molar-refractivity contribution in [1.29, 1.82) is 5.26 Å². The fraction of sp³-hybridized carbons (Fsp3) is 0.273. The van der Waals surface area contributed by atoms with Gasteiger partial charge in [0.05, 0.1) is 20.8 Å². The average molecular weight is 365 g/mol. The van der Waals surface area contributed by atoms with Gasteiger partial charge in [0.1, 0.15) is 17.4 Å². The summed E-state index contributed by atoms with van der Waals surface area (Å²) < 4.78 is 16.2. The lowest BCUT2D eigenvalue weighted by molar-refractivity contribution is 0.104. The standard InChI is InChI=1S/C22H23NO4/c1-4-5-12-27-20-11-6-16(14-21(20)26-3)13-18(15-23)22(24)17-7-9-19(25-2)10-8-17/h6-11,13-14H,4-5,12H2,1-3H3/b18-13-. The molecule has 0 aliphatic rings. The van der Waals surface area contributed by atoms with Gasteiger partial charge >= 0.3 is 0 Å². The number of benzene rings is 2. The fourth-order valence-electron chi connectivity index (χ4n) is 2.43. The molecule has 5 heteroatoms. The van der Waals surface area contributed by atoms with E-state index in [0.717, 1.165) is 12.8 Å². The number of nitriles is 1. The molecule has 0 aromatic heterocycles. The van der Waals surface area contributed by atoms with Crippen LogP contribution in [0.15, 0.2) is 48.0 Å². The van der Waals surface area contributed by atoms with E-state index < -0.39 is 0 Å². The number of allylic oxidation sites excluding steroid dienone is 1. The lowest BCUT2D eigenvalue weighted by Gasteiger charge is -2.11. The number of methoxy groups -OCH3 is 2. The van der Waals surface area contributed by atoms with Crippen molar-refractivity contribution in [2.45, 2.75) is 19.8 Å². The molecular weight excluding hydrogens is 342 g/mol. The smallest absolute Gasteiger partial charge is 0.203 e. The monoisotopic (exact) mass is 365 g/mol. The van der Waals surface area contributed by atoms with E-state index in [1.54, 1.807) is 62.8 Å². The van der Waals surface area contributed by atoms with Gasteiger partial charge in [0.2, 0.25) is 5.78 Å². The molecule has 2 aromatic rings. The van der Waals surface area contributed by atoms with Crippen molar-refractivity contribution in [1.82, 2.24) is 0 Å². The van der Waals surface area contributed by atoms with Gasteiger partial charge in [-0.15, -0.1) is 0 Å². The number of ketones is 1. The number of carbonyl (C=O) groups is 1. The molecule has 0 atom stereocenters. The summed E-state index contributed by atoms with van der Waals surface area (Å²) in [5, 5.41) is 9.42. The van der Waals surface area contributed by atoms with Crippen LogP contribution in [-0.2, 0) is 0 Å². The maximum atomic E-state index is 12.6. The quantitative estimate of drug-likeness (QED) is 0.279. The third-order valence-electron chi connectivity index (χ3n) is 3.97. The Morgan fingerprint density at radius 1 is 1.07 bits per heavy atom. The number of Topliss-reactive ketones (excluding diaryl/α,β-unsaturated/α-hetero) is 1. The highest BCUT2D eigenvalue weighted by molar-refractivity contribution is 6.14. The second-order valence-electron chi connectivity index (χ2n) is 5.84. The van der Waals surface area contributed by atoms with Crippen molar-refractivity contribution in [3.63, 3.8) is 0 Å². The first kappa shape index (κ1) is 20.1. The van der Waals surface area contributed by atoms with Crippen LogP contribution < -0.4 is 14.2 Å². The molecule has 27 heavy (non-hydrogen) atoms. The van der Waals surface area contributed by atoms with Gasteiger partial charge in [-0.2, -0.15) is 5.26 Å². The van der Waals surface area contributed by atoms with Crippen LogP contribution in [0.3, 0.4) is 0 Å². The molecule has 5 nitrogen and oxygen atoms in total. The van der Waals surface area contributed by atoms with E-state index >= 15 is 0 Å². The highest BCUT2D eigenvalue weighted by Gasteiger charge is 2.13. The van der Waals surface area contributed by atoms with Gasteiger partial charge < -0.3 is 14.2 Å². The van der Waals surface area contributed by atoms with Gasteiger partial charge in [-0.1, -0.05) is 19.4 Å². The number of hydrogen-bond donors (Lipinski definition) is 0. The maximum Gasteiger partial charge on any atom is 0.203 e. The molecule has 0 bridgehead atoms. The highest BCUT2D eigenvalue weighted by Crippen LogP contribution is 2.29. The molecule has 140 valence electrons. The Balaban J connectivity index is 2.25. The van der Waals surface area contributed by atoms with Crippen molar-refractivity contribution < 1.29 is 19.0 Å². The first-order valence-corrected chi connectivity index (χ1v) is 8.74. The Morgan fingerprint density at radius 2 is 1.81 bits per heavy atom. The molecule has 0 spiro atoms. The van der Waals surface area contributed by atoms with Crippen LogP contribution in [0.25, 0.3) is 6.08 Å². The normalized spacial score (nSPS) is 10.8. The van der Waals surface area contributed by atoms with Gasteiger partial charge in [-0.3, -0.25) is 4.79 Å². The second-order valence-corrected chi connectivity index (χ2v) is 5.84. The maximum absolute atomic E-state index is 12.6. The summed E-state index contributed by atoms with van der Waals surface area (Å²) in [5.41, 5.74) is 1.16. The van der Waals surface area contributed by atoms with Gasteiger partial charge in [0.15, 0.2) is 11.5 Å². The summed E-state index contributed by atoms with van der Waals surface area (Å²) >= 11 is 0. The van der Waals surface area contributed by atoms with Crippen LogP contribution in [0.2, 0.25) is 0 Å². The first-order chi connectivity index (χ1) is 13.1. The lowest BCUT2D eigenvalue weighted by atomic mass is 10.0. The fourth-order valence-corrected chi connectivity index (χ4v) is 2.43. The minimum absolute atomic E-state index is 0.0434. The molecule has 0 aliphatic heterocycles. The Bertz CT molecular complexity index is 848. The van der Waals surface area contributed by atoms with E-state index in [-0.39, 0.29) is 11.4 Å². The van der Waals surface area contributed by atoms with E-state index in [9.17, 15) is 10.1 Å². The molecule has 0 radical (unpaired) electrons. The molecule has 0 N–H and O–H groups in total. The zero-order chi connectivity index (χ0) is 19.6. The van der Waals surface area contributed by atoms with Crippen LogP contribution in [-0.4, -0.2) is 26.6 Å². The van der Waals surface area contributed by atoms with Crippen molar-refractivity contribution >= 4 is 11.9 Å².